The largest absolute Gasteiger partial charge is 0.483 e. The van der Waals surface area contributed by atoms with Crippen LogP contribution in [-0.2, 0) is 11.3 Å². The lowest BCUT2D eigenvalue weighted by molar-refractivity contribution is -0.123. The van der Waals surface area contributed by atoms with E-state index in [1.165, 1.54) is 12.1 Å². The molecule has 1 amide bonds. The highest BCUT2D eigenvalue weighted by atomic mass is 79.9. The number of hydrogen-bond donors (Lipinski definition) is 2. The molecule has 22 heavy (non-hydrogen) atoms. The molecule has 0 aliphatic carbocycles. The van der Waals surface area contributed by atoms with Crippen molar-refractivity contribution in [1.29, 1.82) is 0 Å². The van der Waals surface area contributed by atoms with Crippen LogP contribution in [0.5, 0.6) is 5.75 Å². The number of aromatic carboxylic acids is 1. The highest BCUT2D eigenvalue weighted by Crippen LogP contribution is 2.23. The Morgan fingerprint density at radius 2 is 1.77 bits per heavy atom. The predicted octanol–water partition coefficient (Wildman–Crippen LogP) is 2.84. The van der Waals surface area contributed by atoms with Crippen molar-refractivity contribution < 1.29 is 19.4 Å². The zero-order valence-corrected chi connectivity index (χ0v) is 13.2. The van der Waals surface area contributed by atoms with E-state index in [0.29, 0.717) is 12.3 Å². The predicted molar refractivity (Wildman–Crippen MR) is 84.9 cm³/mol. The Balaban J connectivity index is 1.80. The maximum Gasteiger partial charge on any atom is 0.335 e. The summed E-state index contributed by atoms with van der Waals surface area (Å²) in [5.74, 6) is -0.626. The van der Waals surface area contributed by atoms with Gasteiger partial charge in [0, 0.05) is 6.54 Å². The van der Waals surface area contributed by atoms with Gasteiger partial charge in [0.15, 0.2) is 6.61 Å². The number of rotatable bonds is 6. The van der Waals surface area contributed by atoms with Crippen LogP contribution in [0.1, 0.15) is 15.9 Å². The molecule has 5 nitrogen and oxygen atoms in total. The Labute approximate surface area is 136 Å². The van der Waals surface area contributed by atoms with Crippen molar-refractivity contribution in [2.75, 3.05) is 6.61 Å². The lowest BCUT2D eigenvalue weighted by atomic mass is 10.1. The van der Waals surface area contributed by atoms with E-state index in [2.05, 4.69) is 21.2 Å². The van der Waals surface area contributed by atoms with Gasteiger partial charge in [-0.3, -0.25) is 4.79 Å². The second kappa shape index (κ2) is 7.61. The van der Waals surface area contributed by atoms with Crippen LogP contribution < -0.4 is 10.1 Å². The first-order chi connectivity index (χ1) is 10.6. The molecule has 0 unspecified atom stereocenters. The van der Waals surface area contributed by atoms with Gasteiger partial charge in [0.2, 0.25) is 0 Å². The number of hydrogen-bond acceptors (Lipinski definition) is 3. The number of carbonyl (C=O) groups excluding carboxylic acids is 1. The van der Waals surface area contributed by atoms with E-state index >= 15 is 0 Å². The van der Waals surface area contributed by atoms with E-state index in [9.17, 15) is 9.59 Å². The minimum Gasteiger partial charge on any atom is -0.483 e. The number of carboxylic acids is 1. The Kier molecular flexibility index (Phi) is 5.55. The molecule has 0 heterocycles. The van der Waals surface area contributed by atoms with Crippen molar-refractivity contribution in [1.82, 2.24) is 5.32 Å². The molecular formula is C16H14BrNO4. The molecule has 0 radical (unpaired) electrons. The highest BCUT2D eigenvalue weighted by molar-refractivity contribution is 9.10. The van der Waals surface area contributed by atoms with Crippen molar-refractivity contribution in [3.63, 3.8) is 0 Å². The third-order valence-electron chi connectivity index (χ3n) is 2.89. The number of ether oxygens (including phenoxy) is 1. The molecule has 0 saturated carbocycles. The minimum atomic E-state index is -0.975. The van der Waals surface area contributed by atoms with Gasteiger partial charge in [-0.2, -0.15) is 0 Å². The van der Waals surface area contributed by atoms with Crippen molar-refractivity contribution >= 4 is 27.8 Å². The standard InChI is InChI=1S/C16H14BrNO4/c17-13-3-1-2-4-14(13)22-10-15(19)18-9-11-5-7-12(8-6-11)16(20)21/h1-8H,9-10H2,(H,18,19)(H,20,21). The number of nitrogens with one attached hydrogen (secondary N) is 1. The molecular weight excluding hydrogens is 350 g/mol. The summed E-state index contributed by atoms with van der Waals surface area (Å²) in [5.41, 5.74) is 1.03. The Morgan fingerprint density at radius 1 is 1.09 bits per heavy atom. The van der Waals surface area contributed by atoms with Gasteiger partial charge in [-0.1, -0.05) is 24.3 Å². The van der Waals surface area contributed by atoms with Crippen LogP contribution in [0.25, 0.3) is 0 Å². The summed E-state index contributed by atoms with van der Waals surface area (Å²) in [5, 5.41) is 11.5. The topological polar surface area (TPSA) is 75.6 Å². The fourth-order valence-electron chi connectivity index (χ4n) is 1.72. The highest BCUT2D eigenvalue weighted by Gasteiger charge is 2.06. The quantitative estimate of drug-likeness (QED) is 0.827. The lowest BCUT2D eigenvalue weighted by Crippen LogP contribution is -2.28. The number of benzene rings is 2. The summed E-state index contributed by atoms with van der Waals surface area (Å²) in [7, 11) is 0. The third-order valence-corrected chi connectivity index (χ3v) is 3.54. The molecule has 2 aromatic rings. The molecule has 114 valence electrons. The van der Waals surface area contributed by atoms with Gasteiger partial charge in [0.1, 0.15) is 5.75 Å². The van der Waals surface area contributed by atoms with E-state index in [1.807, 2.05) is 18.2 Å². The normalized spacial score (nSPS) is 10.0. The number of amides is 1. The molecule has 0 aliphatic heterocycles. The summed E-state index contributed by atoms with van der Waals surface area (Å²) < 4.78 is 6.19. The van der Waals surface area contributed by atoms with Crippen LogP contribution in [0.2, 0.25) is 0 Å². The molecule has 0 aromatic heterocycles. The number of halogens is 1. The monoisotopic (exact) mass is 363 g/mol. The first-order valence-corrected chi connectivity index (χ1v) is 7.32. The van der Waals surface area contributed by atoms with E-state index in [-0.39, 0.29) is 18.1 Å². The van der Waals surface area contributed by atoms with Crippen LogP contribution in [0.15, 0.2) is 53.0 Å². The van der Waals surface area contributed by atoms with Crippen LogP contribution in [-0.4, -0.2) is 23.6 Å². The number of carbonyl (C=O) groups is 2. The van der Waals surface area contributed by atoms with Crippen LogP contribution >= 0.6 is 15.9 Å². The summed E-state index contributed by atoms with van der Waals surface area (Å²) in [4.78, 5) is 22.5. The van der Waals surface area contributed by atoms with Gasteiger partial charge < -0.3 is 15.2 Å². The molecule has 0 bridgehead atoms. The number of carboxylic acid groups (broad SMARTS) is 1. The molecule has 6 heteroatoms. The first-order valence-electron chi connectivity index (χ1n) is 6.52. The smallest absolute Gasteiger partial charge is 0.335 e. The van der Waals surface area contributed by atoms with Crippen LogP contribution in [0, 0.1) is 0 Å². The molecule has 0 aliphatic rings. The Hall–Kier alpha value is -2.34. The maximum absolute atomic E-state index is 11.7. The molecule has 2 N–H and O–H groups in total. The Morgan fingerprint density at radius 3 is 2.41 bits per heavy atom. The Bertz CT molecular complexity index is 670. The average molecular weight is 364 g/mol. The summed E-state index contributed by atoms with van der Waals surface area (Å²) in [6.07, 6.45) is 0. The first kappa shape index (κ1) is 16.0. The SMILES string of the molecule is O=C(COc1ccccc1Br)NCc1ccc(C(=O)O)cc1. The molecule has 2 aromatic carbocycles. The van der Waals surface area contributed by atoms with Gasteiger partial charge in [-0.25, -0.2) is 4.79 Å². The summed E-state index contributed by atoms with van der Waals surface area (Å²) >= 11 is 3.34. The molecule has 0 fully saturated rings. The van der Waals surface area contributed by atoms with E-state index < -0.39 is 5.97 Å². The van der Waals surface area contributed by atoms with Crippen molar-refractivity contribution in [3.8, 4) is 5.75 Å². The molecule has 0 saturated heterocycles. The fraction of sp³-hybridized carbons (Fsp3) is 0.125. The minimum absolute atomic E-state index is 0.0875. The van der Waals surface area contributed by atoms with Gasteiger partial charge in [-0.15, -0.1) is 0 Å². The second-order valence-corrected chi connectivity index (χ2v) is 5.35. The van der Waals surface area contributed by atoms with Crippen molar-refractivity contribution in [2.45, 2.75) is 6.54 Å². The van der Waals surface area contributed by atoms with Gasteiger partial charge in [0.25, 0.3) is 5.91 Å². The summed E-state index contributed by atoms with van der Waals surface area (Å²) in [6, 6.07) is 13.6. The molecule has 0 atom stereocenters. The number of para-hydroxylation sites is 1. The van der Waals surface area contributed by atoms with Gasteiger partial charge in [0.05, 0.1) is 10.0 Å². The third kappa shape index (κ3) is 4.60. The molecule has 0 spiro atoms. The van der Waals surface area contributed by atoms with Gasteiger partial charge >= 0.3 is 5.97 Å². The van der Waals surface area contributed by atoms with Gasteiger partial charge in [-0.05, 0) is 45.8 Å². The van der Waals surface area contributed by atoms with Crippen molar-refractivity contribution in [2.24, 2.45) is 0 Å². The van der Waals surface area contributed by atoms with Crippen LogP contribution in [0.4, 0.5) is 0 Å². The van der Waals surface area contributed by atoms with E-state index in [4.69, 9.17) is 9.84 Å². The van der Waals surface area contributed by atoms with Crippen LogP contribution in [0.3, 0.4) is 0 Å². The zero-order chi connectivity index (χ0) is 15.9. The van der Waals surface area contributed by atoms with E-state index in [0.717, 1.165) is 10.0 Å². The fourth-order valence-corrected chi connectivity index (χ4v) is 2.12. The van der Waals surface area contributed by atoms with E-state index in [1.54, 1.807) is 18.2 Å². The lowest BCUT2D eigenvalue weighted by Gasteiger charge is -2.09. The zero-order valence-electron chi connectivity index (χ0n) is 11.6. The molecule has 2 rings (SSSR count). The average Bonchev–Trinajstić information content (AvgIpc) is 2.52. The second-order valence-electron chi connectivity index (χ2n) is 4.50. The maximum atomic E-state index is 11.7. The van der Waals surface area contributed by atoms with Crippen molar-refractivity contribution in [3.05, 3.63) is 64.1 Å². The summed E-state index contributed by atoms with van der Waals surface area (Å²) in [6.45, 7) is 0.230.